The molecule has 5 heteroatoms. The van der Waals surface area contributed by atoms with Crippen LogP contribution in [0.1, 0.15) is 26.2 Å². The number of ether oxygens (including phenoxy) is 1. The monoisotopic (exact) mass is 294 g/mol. The third-order valence-electron chi connectivity index (χ3n) is 4.36. The average molecular weight is 294 g/mol. The van der Waals surface area contributed by atoms with E-state index in [0.717, 1.165) is 19.3 Å². The van der Waals surface area contributed by atoms with Gasteiger partial charge < -0.3 is 15.4 Å². The number of amides is 1. The third-order valence-corrected chi connectivity index (χ3v) is 4.36. The second-order valence-corrected chi connectivity index (χ2v) is 5.95. The van der Waals surface area contributed by atoms with Crippen LogP contribution in [0.15, 0.2) is 24.3 Å². The van der Waals surface area contributed by atoms with E-state index in [9.17, 15) is 9.18 Å². The summed E-state index contributed by atoms with van der Waals surface area (Å²) in [7, 11) is 1.76. The normalized spacial score (nSPS) is 24.9. The zero-order valence-electron chi connectivity index (χ0n) is 12.6. The van der Waals surface area contributed by atoms with Gasteiger partial charge in [-0.25, -0.2) is 4.39 Å². The van der Waals surface area contributed by atoms with Crippen LogP contribution in [-0.2, 0) is 4.79 Å². The molecule has 1 fully saturated rings. The molecule has 0 spiro atoms. The number of hydrogen-bond donors (Lipinski definition) is 1. The molecule has 1 aromatic carbocycles. The predicted octanol–water partition coefficient (Wildman–Crippen LogP) is 2.18. The van der Waals surface area contributed by atoms with E-state index >= 15 is 0 Å². The van der Waals surface area contributed by atoms with Gasteiger partial charge in [0.15, 0.2) is 0 Å². The van der Waals surface area contributed by atoms with E-state index < -0.39 is 5.41 Å². The number of nitrogens with two attached hydrogens (primary N) is 1. The molecule has 116 valence electrons. The van der Waals surface area contributed by atoms with E-state index in [-0.39, 0.29) is 17.8 Å². The number of hydrogen-bond acceptors (Lipinski definition) is 3. The molecule has 0 bridgehead atoms. The number of benzene rings is 1. The van der Waals surface area contributed by atoms with Gasteiger partial charge in [-0.15, -0.1) is 0 Å². The second kappa shape index (κ2) is 6.43. The van der Waals surface area contributed by atoms with Crippen molar-refractivity contribution in [2.24, 2.45) is 11.1 Å². The average Bonchev–Trinajstić information content (AvgIpc) is 2.79. The van der Waals surface area contributed by atoms with E-state index in [2.05, 4.69) is 0 Å². The second-order valence-electron chi connectivity index (χ2n) is 5.95. The highest BCUT2D eigenvalue weighted by Gasteiger charge is 2.44. The van der Waals surface area contributed by atoms with Crippen molar-refractivity contribution >= 4 is 5.91 Å². The number of halogens is 1. The zero-order valence-corrected chi connectivity index (χ0v) is 12.6. The zero-order chi connectivity index (χ0) is 15.5. The van der Waals surface area contributed by atoms with Crippen LogP contribution in [0, 0.1) is 11.2 Å². The first-order chi connectivity index (χ1) is 9.93. The van der Waals surface area contributed by atoms with Crippen LogP contribution in [0.3, 0.4) is 0 Å². The molecule has 1 amide bonds. The quantitative estimate of drug-likeness (QED) is 0.905. The lowest BCUT2D eigenvalue weighted by Gasteiger charge is -2.32. The summed E-state index contributed by atoms with van der Waals surface area (Å²) in [6, 6.07) is 5.91. The van der Waals surface area contributed by atoms with Crippen molar-refractivity contribution in [2.75, 3.05) is 20.2 Å². The SMILES string of the molecule is CN(CCOc1cccc(F)c1)C(=O)C1(C)CCCC1N. The van der Waals surface area contributed by atoms with Gasteiger partial charge >= 0.3 is 0 Å². The minimum atomic E-state index is -0.465. The largest absolute Gasteiger partial charge is 0.492 e. The lowest BCUT2D eigenvalue weighted by Crippen LogP contribution is -2.48. The molecule has 1 aliphatic rings. The maximum atomic E-state index is 13.0. The summed E-state index contributed by atoms with van der Waals surface area (Å²) in [5.74, 6) is 0.205. The molecular formula is C16H23FN2O2. The standard InChI is InChI=1S/C16H23FN2O2/c1-16(8-4-7-14(16)18)15(20)19(2)9-10-21-13-6-3-5-12(17)11-13/h3,5-6,11,14H,4,7-10,18H2,1-2H3. The molecule has 0 saturated heterocycles. The summed E-state index contributed by atoms with van der Waals surface area (Å²) in [6.45, 7) is 2.73. The Morgan fingerprint density at radius 1 is 1.57 bits per heavy atom. The molecule has 0 radical (unpaired) electrons. The fourth-order valence-corrected chi connectivity index (χ4v) is 2.85. The van der Waals surface area contributed by atoms with Gasteiger partial charge in [0.2, 0.25) is 5.91 Å². The predicted molar refractivity (Wildman–Crippen MR) is 79.5 cm³/mol. The number of carbonyl (C=O) groups is 1. The first-order valence-electron chi connectivity index (χ1n) is 7.33. The minimum Gasteiger partial charge on any atom is -0.492 e. The van der Waals surface area contributed by atoms with E-state index in [0.29, 0.717) is 18.9 Å². The van der Waals surface area contributed by atoms with E-state index in [1.54, 1.807) is 24.1 Å². The molecule has 1 aromatic rings. The molecule has 21 heavy (non-hydrogen) atoms. The molecule has 0 aromatic heterocycles. The first kappa shape index (κ1) is 15.8. The van der Waals surface area contributed by atoms with Crippen molar-refractivity contribution in [1.82, 2.24) is 4.90 Å². The van der Waals surface area contributed by atoms with Gasteiger partial charge in [-0.05, 0) is 31.9 Å². The number of carbonyl (C=O) groups excluding carboxylic acids is 1. The Labute approximate surface area is 125 Å². The van der Waals surface area contributed by atoms with Crippen LogP contribution in [0.25, 0.3) is 0 Å². The molecule has 2 N–H and O–H groups in total. The Morgan fingerprint density at radius 3 is 2.95 bits per heavy atom. The van der Waals surface area contributed by atoms with Crippen molar-refractivity contribution in [2.45, 2.75) is 32.2 Å². The molecule has 4 nitrogen and oxygen atoms in total. The number of nitrogens with zero attached hydrogens (tertiary/aromatic N) is 1. The topological polar surface area (TPSA) is 55.6 Å². The van der Waals surface area contributed by atoms with E-state index in [4.69, 9.17) is 10.5 Å². The molecule has 1 aliphatic carbocycles. The van der Waals surface area contributed by atoms with Crippen LogP contribution in [0.5, 0.6) is 5.75 Å². The third kappa shape index (κ3) is 3.53. The van der Waals surface area contributed by atoms with Crippen LogP contribution >= 0.6 is 0 Å². The van der Waals surface area contributed by atoms with Crippen LogP contribution in [0.2, 0.25) is 0 Å². The smallest absolute Gasteiger partial charge is 0.229 e. The minimum absolute atomic E-state index is 0.0651. The Balaban J connectivity index is 1.84. The van der Waals surface area contributed by atoms with Gasteiger partial charge in [0.1, 0.15) is 18.2 Å². The summed E-state index contributed by atoms with van der Waals surface area (Å²) in [5.41, 5.74) is 5.60. The molecule has 0 heterocycles. The van der Waals surface area contributed by atoms with Crippen molar-refractivity contribution < 1.29 is 13.9 Å². The summed E-state index contributed by atoms with van der Waals surface area (Å²) < 4.78 is 18.5. The Kier molecular flexibility index (Phi) is 4.83. The molecule has 2 rings (SSSR count). The van der Waals surface area contributed by atoms with Gasteiger partial charge in [0, 0.05) is 19.2 Å². The highest BCUT2D eigenvalue weighted by Crippen LogP contribution is 2.38. The maximum Gasteiger partial charge on any atom is 0.229 e. The summed E-state index contributed by atoms with van der Waals surface area (Å²) in [6.07, 6.45) is 2.73. The summed E-state index contributed by atoms with van der Waals surface area (Å²) in [4.78, 5) is 14.2. The highest BCUT2D eigenvalue weighted by atomic mass is 19.1. The van der Waals surface area contributed by atoms with Gasteiger partial charge in [-0.2, -0.15) is 0 Å². The van der Waals surface area contributed by atoms with Crippen LogP contribution in [-0.4, -0.2) is 37.0 Å². The lowest BCUT2D eigenvalue weighted by molar-refractivity contribution is -0.140. The molecule has 1 saturated carbocycles. The Bertz CT molecular complexity index is 509. The maximum absolute atomic E-state index is 13.0. The molecule has 2 atom stereocenters. The molecular weight excluding hydrogens is 271 g/mol. The van der Waals surface area contributed by atoms with Crippen molar-refractivity contribution in [3.63, 3.8) is 0 Å². The number of rotatable bonds is 5. The van der Waals surface area contributed by atoms with E-state index in [1.807, 2.05) is 6.92 Å². The van der Waals surface area contributed by atoms with Gasteiger partial charge in [-0.1, -0.05) is 12.5 Å². The van der Waals surface area contributed by atoms with Gasteiger partial charge in [0.05, 0.1) is 12.0 Å². The van der Waals surface area contributed by atoms with Gasteiger partial charge in [0.25, 0.3) is 0 Å². The highest BCUT2D eigenvalue weighted by molar-refractivity contribution is 5.83. The summed E-state index contributed by atoms with van der Waals surface area (Å²) >= 11 is 0. The van der Waals surface area contributed by atoms with E-state index in [1.165, 1.54) is 12.1 Å². The summed E-state index contributed by atoms with van der Waals surface area (Å²) in [5, 5.41) is 0. The number of likely N-dealkylation sites (N-methyl/N-ethyl adjacent to an activating group) is 1. The fraction of sp³-hybridized carbons (Fsp3) is 0.562. The van der Waals surface area contributed by atoms with Crippen molar-refractivity contribution in [1.29, 1.82) is 0 Å². The Hall–Kier alpha value is -1.62. The Morgan fingerprint density at radius 2 is 2.33 bits per heavy atom. The van der Waals surface area contributed by atoms with Gasteiger partial charge in [-0.3, -0.25) is 4.79 Å². The van der Waals surface area contributed by atoms with Crippen molar-refractivity contribution in [3.8, 4) is 5.75 Å². The van der Waals surface area contributed by atoms with Crippen molar-refractivity contribution in [3.05, 3.63) is 30.1 Å². The first-order valence-corrected chi connectivity index (χ1v) is 7.33. The molecule has 2 unspecified atom stereocenters. The molecule has 0 aliphatic heterocycles. The van der Waals surface area contributed by atoms with Crippen LogP contribution in [0.4, 0.5) is 4.39 Å². The van der Waals surface area contributed by atoms with Crippen LogP contribution < -0.4 is 10.5 Å². The lowest BCUT2D eigenvalue weighted by atomic mass is 9.83. The fourth-order valence-electron chi connectivity index (χ4n) is 2.85.